The number of hydrogen-bond acceptors (Lipinski definition) is 1. The Bertz CT molecular complexity index is 1020. The van der Waals surface area contributed by atoms with E-state index in [9.17, 15) is 4.39 Å². The Labute approximate surface area is 198 Å². The van der Waals surface area contributed by atoms with Crippen molar-refractivity contribution >= 4 is 22.4 Å². The van der Waals surface area contributed by atoms with Gasteiger partial charge in [0, 0.05) is 6.54 Å². The van der Waals surface area contributed by atoms with Crippen LogP contribution in [0.25, 0.3) is 21.9 Å². The molecule has 0 aliphatic heterocycles. The molecular formula is C29H35ClFN. The van der Waals surface area contributed by atoms with Crippen LogP contribution in [0.1, 0.15) is 57.1 Å². The lowest BCUT2D eigenvalue weighted by Gasteiger charge is -2.22. The van der Waals surface area contributed by atoms with E-state index in [0.29, 0.717) is 0 Å². The fourth-order valence-electron chi connectivity index (χ4n) is 4.02. The fourth-order valence-corrected chi connectivity index (χ4v) is 4.20. The van der Waals surface area contributed by atoms with Crippen LogP contribution in [0.5, 0.6) is 0 Å². The van der Waals surface area contributed by atoms with Crippen LogP contribution in [-0.2, 0) is 6.54 Å². The molecule has 3 aromatic rings. The van der Waals surface area contributed by atoms with Gasteiger partial charge in [0.1, 0.15) is 5.82 Å². The minimum Gasteiger partial charge on any atom is -0.313 e. The highest BCUT2D eigenvalue weighted by molar-refractivity contribution is 6.31. The molecule has 0 heterocycles. The highest BCUT2D eigenvalue weighted by Crippen LogP contribution is 2.36. The Morgan fingerprint density at radius 2 is 1.78 bits per heavy atom. The smallest absolute Gasteiger partial charge is 0.141 e. The molecular weight excluding hydrogens is 417 g/mol. The summed E-state index contributed by atoms with van der Waals surface area (Å²) in [6.07, 6.45) is 15.0. The van der Waals surface area contributed by atoms with Crippen LogP contribution in [0, 0.1) is 31.5 Å². The first-order valence-electron chi connectivity index (χ1n) is 11.6. The van der Waals surface area contributed by atoms with Crippen LogP contribution in [-0.4, -0.2) is 6.54 Å². The minimum atomic E-state index is -0.386. The molecule has 1 nitrogen and oxygen atoms in total. The Morgan fingerprint density at radius 1 is 1.06 bits per heavy atom. The molecule has 1 N–H and O–H groups in total. The zero-order chi connectivity index (χ0) is 23.5. The van der Waals surface area contributed by atoms with E-state index in [-0.39, 0.29) is 10.8 Å². The Balaban J connectivity index is 0.000000387. The molecule has 1 aliphatic carbocycles. The van der Waals surface area contributed by atoms with Crippen LogP contribution >= 0.6 is 11.6 Å². The highest BCUT2D eigenvalue weighted by Gasteiger charge is 2.14. The summed E-state index contributed by atoms with van der Waals surface area (Å²) in [6.45, 7) is 8.38. The van der Waals surface area contributed by atoms with Crippen molar-refractivity contribution < 1.29 is 4.39 Å². The predicted octanol–water partition coefficient (Wildman–Crippen LogP) is 8.55. The quantitative estimate of drug-likeness (QED) is 0.292. The molecule has 1 fully saturated rings. The third kappa shape index (κ3) is 6.58. The topological polar surface area (TPSA) is 12.0 Å². The van der Waals surface area contributed by atoms with Gasteiger partial charge in [0.25, 0.3) is 0 Å². The van der Waals surface area contributed by atoms with E-state index in [2.05, 4.69) is 57.1 Å². The third-order valence-electron chi connectivity index (χ3n) is 6.17. The maximum atomic E-state index is 13.6. The lowest BCUT2D eigenvalue weighted by atomic mass is 9.84. The van der Waals surface area contributed by atoms with Crippen molar-refractivity contribution in [2.75, 3.05) is 6.54 Å². The van der Waals surface area contributed by atoms with Gasteiger partial charge in [0.05, 0.1) is 5.02 Å². The molecule has 0 aromatic heterocycles. The van der Waals surface area contributed by atoms with E-state index < -0.39 is 0 Å². The molecule has 0 unspecified atom stereocenters. The number of rotatable bonds is 6. The molecule has 3 heteroatoms. The van der Waals surface area contributed by atoms with E-state index in [1.165, 1.54) is 48.3 Å². The second kappa shape index (κ2) is 13.3. The fraction of sp³-hybridized carbons (Fsp3) is 0.379. The summed E-state index contributed by atoms with van der Waals surface area (Å²) < 4.78 is 13.6. The van der Waals surface area contributed by atoms with Crippen LogP contribution in [0.3, 0.4) is 0 Å². The van der Waals surface area contributed by atoms with Gasteiger partial charge >= 0.3 is 0 Å². The Kier molecular flexibility index (Phi) is 10.7. The van der Waals surface area contributed by atoms with Crippen molar-refractivity contribution in [2.45, 2.75) is 59.4 Å². The van der Waals surface area contributed by atoms with E-state index in [0.717, 1.165) is 41.9 Å². The van der Waals surface area contributed by atoms with E-state index in [4.69, 9.17) is 11.6 Å². The van der Waals surface area contributed by atoms with Crippen molar-refractivity contribution in [3.05, 3.63) is 70.5 Å². The lowest BCUT2D eigenvalue weighted by molar-refractivity contribution is 0.307. The van der Waals surface area contributed by atoms with Crippen molar-refractivity contribution in [1.82, 2.24) is 5.32 Å². The summed E-state index contributed by atoms with van der Waals surface area (Å²) in [5.74, 6) is 0.730. The number of hydrogen-bond donors (Lipinski definition) is 1. The average Bonchev–Trinajstić information content (AvgIpc) is 2.77. The molecule has 1 aliphatic rings. The maximum Gasteiger partial charge on any atom is 0.141 e. The van der Waals surface area contributed by atoms with E-state index in [1.54, 1.807) is 12.1 Å². The number of nitrogens with one attached hydrogen (secondary N) is 1. The first kappa shape index (κ1) is 25.9. The number of benzene rings is 3. The summed E-state index contributed by atoms with van der Waals surface area (Å²) in [5.41, 5.74) is 4.55. The molecule has 0 radical (unpaired) electrons. The van der Waals surface area contributed by atoms with Crippen LogP contribution in [0.2, 0.25) is 5.02 Å². The van der Waals surface area contributed by atoms with Gasteiger partial charge < -0.3 is 5.32 Å². The summed E-state index contributed by atoms with van der Waals surface area (Å²) in [6, 6.07) is 15.5. The van der Waals surface area contributed by atoms with Gasteiger partial charge in [-0.25, -0.2) is 4.39 Å². The van der Waals surface area contributed by atoms with Gasteiger partial charge in [0.2, 0.25) is 0 Å². The molecule has 32 heavy (non-hydrogen) atoms. The third-order valence-corrected chi connectivity index (χ3v) is 6.46. The molecule has 0 bridgehead atoms. The molecule has 1 saturated carbocycles. The van der Waals surface area contributed by atoms with Crippen molar-refractivity contribution in [3.63, 3.8) is 0 Å². The van der Waals surface area contributed by atoms with Crippen LogP contribution in [0.15, 0.2) is 48.5 Å². The SMILES string of the molecule is C#C.CCC1CCC1.CCCNCc1cc2ccccc2c(-c2ccc(F)c(Cl)c2)c1C. The zero-order valence-corrected chi connectivity index (χ0v) is 20.3. The van der Waals surface area contributed by atoms with Gasteiger partial charge in [-0.3, -0.25) is 0 Å². The number of terminal acetylenes is 1. The van der Waals surface area contributed by atoms with Crippen LogP contribution < -0.4 is 5.32 Å². The largest absolute Gasteiger partial charge is 0.313 e. The summed E-state index contributed by atoms with van der Waals surface area (Å²) >= 11 is 6.02. The minimum absolute atomic E-state index is 0.158. The monoisotopic (exact) mass is 451 g/mol. The number of fused-ring (bicyclic) bond motifs is 1. The van der Waals surface area contributed by atoms with Gasteiger partial charge in [-0.2, -0.15) is 0 Å². The normalized spacial score (nSPS) is 12.8. The summed E-state index contributed by atoms with van der Waals surface area (Å²) in [5, 5.41) is 5.98. The van der Waals surface area contributed by atoms with Gasteiger partial charge in [-0.05, 0) is 77.0 Å². The molecule has 3 aromatic carbocycles. The molecule has 0 saturated heterocycles. The van der Waals surface area contributed by atoms with Gasteiger partial charge in [-0.15, -0.1) is 12.8 Å². The second-order valence-corrected chi connectivity index (χ2v) is 8.67. The molecule has 0 atom stereocenters. The van der Waals surface area contributed by atoms with Crippen molar-refractivity contribution in [3.8, 4) is 24.0 Å². The Morgan fingerprint density at radius 3 is 2.34 bits per heavy atom. The molecule has 0 amide bonds. The van der Waals surface area contributed by atoms with Gasteiger partial charge in [-0.1, -0.05) is 81.5 Å². The van der Waals surface area contributed by atoms with Crippen molar-refractivity contribution in [2.24, 2.45) is 5.92 Å². The summed E-state index contributed by atoms with van der Waals surface area (Å²) in [7, 11) is 0. The molecule has 170 valence electrons. The maximum absolute atomic E-state index is 13.6. The predicted molar refractivity (Wildman–Crippen MR) is 139 cm³/mol. The van der Waals surface area contributed by atoms with Crippen LogP contribution in [0.4, 0.5) is 4.39 Å². The highest BCUT2D eigenvalue weighted by atomic mass is 35.5. The van der Waals surface area contributed by atoms with E-state index >= 15 is 0 Å². The number of halogens is 2. The first-order valence-corrected chi connectivity index (χ1v) is 11.9. The first-order chi connectivity index (χ1) is 15.5. The van der Waals surface area contributed by atoms with E-state index in [1.807, 2.05) is 12.1 Å². The lowest BCUT2D eigenvalue weighted by Crippen LogP contribution is -2.15. The molecule has 4 rings (SSSR count). The van der Waals surface area contributed by atoms with Crippen molar-refractivity contribution in [1.29, 1.82) is 0 Å². The second-order valence-electron chi connectivity index (χ2n) is 8.27. The zero-order valence-electron chi connectivity index (χ0n) is 19.6. The average molecular weight is 452 g/mol. The Hall–Kier alpha value is -2.34. The summed E-state index contributed by atoms with van der Waals surface area (Å²) in [4.78, 5) is 0. The standard InChI is InChI=1S/C21H21ClFN.C6H12.C2H2/c1-3-10-24-13-17-11-15-6-4-5-7-18(15)21(14(17)2)16-8-9-20(23)19(22)12-16;1-2-6-4-3-5-6;1-2/h4-9,11-12,24H,3,10,13H2,1-2H3;6H,2-5H2,1H3;1-2H. The van der Waals surface area contributed by atoms with Gasteiger partial charge in [0.15, 0.2) is 0 Å². The molecule has 0 spiro atoms.